The van der Waals surface area contributed by atoms with Crippen LogP contribution in [0.4, 0.5) is 11.4 Å². The number of anilines is 2. The van der Waals surface area contributed by atoms with Gasteiger partial charge in [-0.25, -0.2) is 0 Å². The highest BCUT2D eigenvalue weighted by Crippen LogP contribution is 2.42. The van der Waals surface area contributed by atoms with Gasteiger partial charge in [0.25, 0.3) is 0 Å². The third-order valence-corrected chi connectivity index (χ3v) is 4.95. The van der Waals surface area contributed by atoms with Crippen LogP contribution >= 0.6 is 11.8 Å². The molecule has 2 aliphatic heterocycles. The molecule has 4 heteroatoms. The average Bonchev–Trinajstić information content (AvgIpc) is 2.39. The number of rotatable bonds is 0. The average molecular weight is 245 g/mol. The fourth-order valence-corrected chi connectivity index (χ4v) is 4.08. The number of fused-ring (bicyclic) bond motifs is 3. The summed E-state index contributed by atoms with van der Waals surface area (Å²) in [4.78, 5) is 0. The second-order valence-electron chi connectivity index (χ2n) is 5.22. The topological polar surface area (TPSA) is 47.9 Å². The number of hydrogen-bond acceptors (Lipinski definition) is 4. The van der Waals surface area contributed by atoms with Gasteiger partial charge >= 0.3 is 0 Å². The molecule has 17 heavy (non-hydrogen) atoms. The molecule has 1 aromatic rings. The van der Waals surface area contributed by atoms with E-state index in [0.717, 1.165) is 29.3 Å². The monoisotopic (exact) mass is 245 g/mol. The molecule has 0 aromatic heterocycles. The van der Waals surface area contributed by atoms with Crippen LogP contribution in [0, 0.1) is 11.3 Å². The van der Waals surface area contributed by atoms with Crippen LogP contribution in [0.15, 0.2) is 24.3 Å². The molecule has 0 saturated carbocycles. The lowest BCUT2D eigenvalue weighted by Crippen LogP contribution is -2.52. The standard InChI is InChI=1S/C13H15N3S/c1-12-6-13(7-14,9-17-8-12)16-11-5-3-2-4-10(11)15-12/h2-5,15-16H,6,8-9H2,1H3. The van der Waals surface area contributed by atoms with E-state index in [4.69, 9.17) is 0 Å². The van der Waals surface area contributed by atoms with Crippen LogP contribution in [0.2, 0.25) is 0 Å². The predicted molar refractivity (Wildman–Crippen MR) is 72.4 cm³/mol. The summed E-state index contributed by atoms with van der Waals surface area (Å²) in [5.74, 6) is 1.90. The van der Waals surface area contributed by atoms with Gasteiger partial charge in [0.2, 0.25) is 0 Å². The fraction of sp³-hybridized carbons (Fsp3) is 0.462. The van der Waals surface area contributed by atoms with Crippen LogP contribution in [0.5, 0.6) is 0 Å². The van der Waals surface area contributed by atoms with Gasteiger partial charge in [0.1, 0.15) is 5.54 Å². The summed E-state index contributed by atoms with van der Waals surface area (Å²) in [6.45, 7) is 2.20. The normalized spacial score (nSPS) is 34.6. The van der Waals surface area contributed by atoms with Crippen molar-refractivity contribution in [1.82, 2.24) is 0 Å². The first kappa shape index (κ1) is 10.8. The smallest absolute Gasteiger partial charge is 0.136 e. The lowest BCUT2D eigenvalue weighted by molar-refractivity contribution is 0.438. The van der Waals surface area contributed by atoms with Gasteiger partial charge in [-0.15, -0.1) is 0 Å². The summed E-state index contributed by atoms with van der Waals surface area (Å²) in [5, 5.41) is 16.5. The zero-order valence-corrected chi connectivity index (χ0v) is 10.6. The highest BCUT2D eigenvalue weighted by Gasteiger charge is 2.45. The molecule has 3 rings (SSSR count). The molecule has 2 atom stereocenters. The third-order valence-electron chi connectivity index (χ3n) is 3.41. The Morgan fingerprint density at radius 3 is 2.65 bits per heavy atom. The highest BCUT2D eigenvalue weighted by molar-refractivity contribution is 7.99. The highest BCUT2D eigenvalue weighted by atomic mass is 32.2. The van der Waals surface area contributed by atoms with E-state index in [0.29, 0.717) is 0 Å². The molecule has 3 nitrogen and oxygen atoms in total. The van der Waals surface area contributed by atoms with E-state index >= 15 is 0 Å². The number of nitriles is 1. The Bertz CT molecular complexity index is 496. The Morgan fingerprint density at radius 2 is 1.94 bits per heavy atom. The van der Waals surface area contributed by atoms with Crippen molar-refractivity contribution < 1.29 is 0 Å². The first-order valence-corrected chi connectivity index (χ1v) is 6.95. The maximum atomic E-state index is 9.50. The molecule has 2 aliphatic rings. The SMILES string of the molecule is CC12CSCC(C#N)(C1)Nc1ccccc1N2. The number of nitrogens with zero attached hydrogens (tertiary/aromatic N) is 1. The Morgan fingerprint density at radius 1 is 1.24 bits per heavy atom. The molecule has 0 amide bonds. The molecule has 2 unspecified atom stereocenters. The van der Waals surface area contributed by atoms with Gasteiger partial charge in [-0.1, -0.05) is 12.1 Å². The molecule has 0 spiro atoms. The second-order valence-corrected chi connectivity index (χ2v) is 6.21. The van der Waals surface area contributed by atoms with Gasteiger partial charge in [0.05, 0.1) is 17.4 Å². The molecule has 1 aromatic carbocycles. The van der Waals surface area contributed by atoms with Crippen LogP contribution in [0.1, 0.15) is 13.3 Å². The minimum Gasteiger partial charge on any atom is -0.377 e. The van der Waals surface area contributed by atoms with Gasteiger partial charge in [-0.2, -0.15) is 17.0 Å². The van der Waals surface area contributed by atoms with E-state index in [-0.39, 0.29) is 5.54 Å². The number of para-hydroxylation sites is 2. The third kappa shape index (κ3) is 1.75. The zero-order chi connectivity index (χ0) is 11.9. The largest absolute Gasteiger partial charge is 0.377 e. The van der Waals surface area contributed by atoms with Crippen LogP contribution in [-0.2, 0) is 0 Å². The van der Waals surface area contributed by atoms with Crippen molar-refractivity contribution in [2.24, 2.45) is 0 Å². The van der Waals surface area contributed by atoms with Gasteiger partial charge in [-0.05, 0) is 19.1 Å². The van der Waals surface area contributed by atoms with Crippen molar-refractivity contribution >= 4 is 23.1 Å². The maximum absolute atomic E-state index is 9.50. The summed E-state index contributed by atoms with van der Waals surface area (Å²) >= 11 is 1.85. The van der Waals surface area contributed by atoms with Crippen molar-refractivity contribution in [3.8, 4) is 6.07 Å². The molecule has 88 valence electrons. The Balaban J connectivity index is 2.11. The number of nitrogens with one attached hydrogen (secondary N) is 2. The van der Waals surface area contributed by atoms with E-state index in [9.17, 15) is 5.26 Å². The molecule has 2 bridgehead atoms. The second kappa shape index (κ2) is 3.58. The first-order chi connectivity index (χ1) is 8.15. The minimum atomic E-state index is -0.433. The Kier molecular flexibility index (Phi) is 2.27. The van der Waals surface area contributed by atoms with Crippen LogP contribution in [-0.4, -0.2) is 22.6 Å². The Labute approximate surface area is 106 Å². The molecule has 1 saturated heterocycles. The van der Waals surface area contributed by atoms with Gasteiger partial charge in [-0.3, -0.25) is 0 Å². The lowest BCUT2D eigenvalue weighted by atomic mass is 9.86. The molecular weight excluding hydrogens is 230 g/mol. The van der Waals surface area contributed by atoms with E-state index in [1.165, 1.54) is 0 Å². The van der Waals surface area contributed by atoms with E-state index in [1.807, 2.05) is 30.0 Å². The van der Waals surface area contributed by atoms with Crippen LogP contribution in [0.3, 0.4) is 0 Å². The minimum absolute atomic E-state index is 0.00174. The quantitative estimate of drug-likeness (QED) is 0.738. The summed E-state index contributed by atoms with van der Waals surface area (Å²) in [5.41, 5.74) is 1.71. The number of hydrogen-bond donors (Lipinski definition) is 2. The molecular formula is C13H15N3S. The van der Waals surface area contributed by atoms with E-state index in [1.54, 1.807) is 0 Å². The molecule has 2 N–H and O–H groups in total. The predicted octanol–water partition coefficient (Wildman–Crippen LogP) is 2.68. The summed E-state index contributed by atoms with van der Waals surface area (Å²) in [6.07, 6.45) is 0.845. The zero-order valence-electron chi connectivity index (χ0n) is 9.79. The van der Waals surface area contributed by atoms with Gasteiger partial charge in [0.15, 0.2) is 0 Å². The number of thioether (sulfide) groups is 1. The van der Waals surface area contributed by atoms with Crippen LogP contribution < -0.4 is 10.6 Å². The summed E-state index contributed by atoms with van der Waals surface area (Å²) in [7, 11) is 0. The molecule has 0 aliphatic carbocycles. The van der Waals surface area contributed by atoms with Gasteiger partial charge in [0, 0.05) is 23.5 Å². The van der Waals surface area contributed by atoms with Crippen molar-refractivity contribution in [1.29, 1.82) is 5.26 Å². The van der Waals surface area contributed by atoms with Crippen molar-refractivity contribution in [3.05, 3.63) is 24.3 Å². The molecule has 0 radical (unpaired) electrons. The van der Waals surface area contributed by atoms with E-state index < -0.39 is 5.54 Å². The molecule has 1 fully saturated rings. The Hall–Kier alpha value is -1.34. The van der Waals surface area contributed by atoms with Crippen molar-refractivity contribution in [2.75, 3.05) is 22.1 Å². The molecule has 2 heterocycles. The summed E-state index contributed by atoms with van der Waals surface area (Å²) in [6, 6.07) is 10.6. The van der Waals surface area contributed by atoms with E-state index in [2.05, 4.69) is 29.7 Å². The summed E-state index contributed by atoms with van der Waals surface area (Å²) < 4.78 is 0. The van der Waals surface area contributed by atoms with Crippen molar-refractivity contribution in [3.63, 3.8) is 0 Å². The van der Waals surface area contributed by atoms with Crippen LogP contribution in [0.25, 0.3) is 0 Å². The first-order valence-electron chi connectivity index (χ1n) is 5.79. The lowest BCUT2D eigenvalue weighted by Gasteiger charge is -2.40. The van der Waals surface area contributed by atoms with Crippen molar-refractivity contribution in [2.45, 2.75) is 24.4 Å². The number of benzene rings is 1. The fourth-order valence-electron chi connectivity index (χ4n) is 2.76. The van der Waals surface area contributed by atoms with Gasteiger partial charge < -0.3 is 10.6 Å². The maximum Gasteiger partial charge on any atom is 0.136 e.